The third kappa shape index (κ3) is 3.03. The van der Waals surface area contributed by atoms with E-state index < -0.39 is 0 Å². The molecule has 1 atom stereocenters. The molecule has 20 heavy (non-hydrogen) atoms. The van der Waals surface area contributed by atoms with E-state index in [-0.39, 0.29) is 0 Å². The third-order valence-corrected chi connectivity index (χ3v) is 4.23. The molecule has 2 aliphatic rings. The standard InChI is InChI=1S/C15H21ClN2O2/c1-17-12-3-4-18(10-12)9-11-7-13(16)15-14(8-11)19-5-2-6-20-15/h7-8,12,17H,2-6,9-10H2,1H3. The zero-order chi connectivity index (χ0) is 13.9. The van der Waals surface area contributed by atoms with Crippen molar-refractivity contribution < 1.29 is 9.47 Å². The zero-order valence-electron chi connectivity index (χ0n) is 11.8. The van der Waals surface area contributed by atoms with Gasteiger partial charge in [-0.05, 0) is 31.2 Å². The molecule has 1 aromatic rings. The van der Waals surface area contributed by atoms with Gasteiger partial charge in [0.15, 0.2) is 11.5 Å². The second-order valence-electron chi connectivity index (χ2n) is 5.46. The average molecular weight is 297 g/mol. The van der Waals surface area contributed by atoms with Gasteiger partial charge in [-0.2, -0.15) is 0 Å². The summed E-state index contributed by atoms with van der Waals surface area (Å²) in [6.45, 7) is 4.48. The predicted octanol–water partition coefficient (Wildman–Crippen LogP) is 2.29. The van der Waals surface area contributed by atoms with Crippen LogP contribution in [0.4, 0.5) is 0 Å². The smallest absolute Gasteiger partial charge is 0.179 e. The highest BCUT2D eigenvalue weighted by Crippen LogP contribution is 2.38. The van der Waals surface area contributed by atoms with Crippen LogP contribution in [0.1, 0.15) is 18.4 Å². The SMILES string of the molecule is CNC1CCN(Cc2cc(Cl)c3c(c2)OCCCO3)C1. The monoisotopic (exact) mass is 296 g/mol. The lowest BCUT2D eigenvalue weighted by Gasteiger charge is -2.18. The fraction of sp³-hybridized carbons (Fsp3) is 0.600. The van der Waals surface area contributed by atoms with E-state index in [1.807, 2.05) is 13.1 Å². The van der Waals surface area contributed by atoms with Gasteiger partial charge in [-0.25, -0.2) is 0 Å². The molecule has 110 valence electrons. The van der Waals surface area contributed by atoms with Crippen LogP contribution in [0.15, 0.2) is 12.1 Å². The van der Waals surface area contributed by atoms with E-state index in [0.717, 1.165) is 31.8 Å². The van der Waals surface area contributed by atoms with Gasteiger partial charge in [0, 0.05) is 32.1 Å². The molecular weight excluding hydrogens is 276 g/mol. The number of nitrogens with one attached hydrogen (secondary N) is 1. The molecule has 0 aromatic heterocycles. The van der Waals surface area contributed by atoms with Crippen LogP contribution in [0.2, 0.25) is 5.02 Å². The van der Waals surface area contributed by atoms with Crippen LogP contribution in [0.5, 0.6) is 11.5 Å². The van der Waals surface area contributed by atoms with Gasteiger partial charge >= 0.3 is 0 Å². The molecule has 0 radical (unpaired) electrons. The summed E-state index contributed by atoms with van der Waals surface area (Å²) in [4.78, 5) is 2.44. The summed E-state index contributed by atoms with van der Waals surface area (Å²) < 4.78 is 11.4. The first kappa shape index (κ1) is 14.0. The average Bonchev–Trinajstić information content (AvgIpc) is 2.74. The highest BCUT2D eigenvalue weighted by molar-refractivity contribution is 6.32. The summed E-state index contributed by atoms with van der Waals surface area (Å²) in [5, 5.41) is 3.99. The van der Waals surface area contributed by atoms with Crippen LogP contribution < -0.4 is 14.8 Å². The van der Waals surface area contributed by atoms with Crippen LogP contribution in [0, 0.1) is 0 Å². The Labute approximate surface area is 125 Å². The Kier molecular flexibility index (Phi) is 4.34. The van der Waals surface area contributed by atoms with Gasteiger partial charge in [0.2, 0.25) is 0 Å². The van der Waals surface area contributed by atoms with E-state index in [2.05, 4.69) is 16.3 Å². The number of hydrogen-bond acceptors (Lipinski definition) is 4. The van der Waals surface area contributed by atoms with Crippen molar-refractivity contribution in [2.45, 2.75) is 25.4 Å². The first-order chi connectivity index (χ1) is 9.76. The highest BCUT2D eigenvalue weighted by atomic mass is 35.5. The van der Waals surface area contributed by atoms with Crippen molar-refractivity contribution in [2.75, 3.05) is 33.4 Å². The van der Waals surface area contributed by atoms with Gasteiger partial charge in [-0.3, -0.25) is 4.90 Å². The number of nitrogens with zero attached hydrogens (tertiary/aromatic N) is 1. The molecule has 5 heteroatoms. The molecule has 1 unspecified atom stereocenters. The van der Waals surface area contributed by atoms with Crippen LogP contribution in [0.25, 0.3) is 0 Å². The minimum atomic E-state index is 0.603. The summed E-state index contributed by atoms with van der Waals surface area (Å²) in [5.74, 6) is 1.48. The molecule has 2 aliphatic heterocycles. The molecule has 4 nitrogen and oxygen atoms in total. The second kappa shape index (κ2) is 6.20. The number of halogens is 1. The molecule has 1 N–H and O–H groups in total. The molecule has 1 aromatic carbocycles. The molecule has 0 bridgehead atoms. The summed E-state index contributed by atoms with van der Waals surface area (Å²) in [6.07, 6.45) is 2.10. The number of benzene rings is 1. The van der Waals surface area contributed by atoms with Gasteiger partial charge in [0.1, 0.15) is 0 Å². The van der Waals surface area contributed by atoms with Crippen molar-refractivity contribution in [2.24, 2.45) is 0 Å². The molecule has 0 saturated carbocycles. The van der Waals surface area contributed by atoms with Gasteiger partial charge < -0.3 is 14.8 Å². The summed E-state index contributed by atoms with van der Waals surface area (Å²) in [6, 6.07) is 4.67. The zero-order valence-corrected chi connectivity index (χ0v) is 12.6. The van der Waals surface area contributed by atoms with Crippen molar-refractivity contribution in [3.8, 4) is 11.5 Å². The lowest BCUT2D eigenvalue weighted by Crippen LogP contribution is -2.29. The first-order valence-corrected chi connectivity index (χ1v) is 7.61. The maximum absolute atomic E-state index is 6.33. The molecule has 0 spiro atoms. The molecule has 1 fully saturated rings. The summed E-state index contributed by atoms with van der Waals surface area (Å²) in [5.41, 5.74) is 1.19. The van der Waals surface area contributed by atoms with Gasteiger partial charge in [0.25, 0.3) is 0 Å². The number of rotatable bonds is 3. The van der Waals surface area contributed by atoms with Crippen LogP contribution in [-0.2, 0) is 6.54 Å². The Hall–Kier alpha value is -0.970. The number of likely N-dealkylation sites (N-methyl/N-ethyl adjacent to an activating group) is 1. The highest BCUT2D eigenvalue weighted by Gasteiger charge is 2.22. The minimum absolute atomic E-state index is 0.603. The largest absolute Gasteiger partial charge is 0.489 e. The first-order valence-electron chi connectivity index (χ1n) is 7.24. The van der Waals surface area contributed by atoms with E-state index in [9.17, 15) is 0 Å². The van der Waals surface area contributed by atoms with Crippen molar-refractivity contribution in [3.05, 3.63) is 22.7 Å². The normalized spacial score (nSPS) is 22.8. The number of ether oxygens (including phenoxy) is 2. The molecular formula is C15H21ClN2O2. The van der Waals surface area contributed by atoms with E-state index in [4.69, 9.17) is 21.1 Å². The maximum Gasteiger partial charge on any atom is 0.179 e. The third-order valence-electron chi connectivity index (χ3n) is 3.95. The quantitative estimate of drug-likeness (QED) is 0.928. The van der Waals surface area contributed by atoms with Crippen molar-refractivity contribution in [3.63, 3.8) is 0 Å². The lowest BCUT2D eigenvalue weighted by atomic mass is 10.2. The molecule has 0 aliphatic carbocycles. The van der Waals surface area contributed by atoms with E-state index in [0.29, 0.717) is 30.0 Å². The minimum Gasteiger partial charge on any atom is -0.489 e. The van der Waals surface area contributed by atoms with Crippen molar-refractivity contribution in [1.82, 2.24) is 10.2 Å². The Morgan fingerprint density at radius 2 is 2.20 bits per heavy atom. The van der Waals surface area contributed by atoms with Gasteiger partial charge in [-0.1, -0.05) is 11.6 Å². The topological polar surface area (TPSA) is 33.7 Å². The predicted molar refractivity (Wildman–Crippen MR) is 79.8 cm³/mol. The van der Waals surface area contributed by atoms with E-state index in [1.54, 1.807) is 0 Å². The van der Waals surface area contributed by atoms with Gasteiger partial charge in [0.05, 0.1) is 18.2 Å². The van der Waals surface area contributed by atoms with E-state index in [1.165, 1.54) is 12.0 Å². The Morgan fingerprint density at radius 3 is 3.00 bits per heavy atom. The Bertz CT molecular complexity index is 481. The number of hydrogen-bond donors (Lipinski definition) is 1. The Balaban J connectivity index is 1.74. The van der Waals surface area contributed by atoms with Crippen LogP contribution in [-0.4, -0.2) is 44.3 Å². The second-order valence-corrected chi connectivity index (χ2v) is 5.87. The maximum atomic E-state index is 6.33. The molecule has 0 amide bonds. The molecule has 2 heterocycles. The molecule has 1 saturated heterocycles. The molecule has 3 rings (SSSR count). The Morgan fingerprint density at radius 1 is 1.35 bits per heavy atom. The fourth-order valence-electron chi connectivity index (χ4n) is 2.85. The van der Waals surface area contributed by atoms with Crippen LogP contribution >= 0.6 is 11.6 Å². The van der Waals surface area contributed by atoms with Crippen LogP contribution in [0.3, 0.4) is 0 Å². The lowest BCUT2D eigenvalue weighted by molar-refractivity contribution is 0.296. The van der Waals surface area contributed by atoms with Gasteiger partial charge in [-0.15, -0.1) is 0 Å². The van der Waals surface area contributed by atoms with Crippen molar-refractivity contribution >= 4 is 11.6 Å². The number of likely N-dealkylation sites (tertiary alicyclic amines) is 1. The van der Waals surface area contributed by atoms with Crippen molar-refractivity contribution in [1.29, 1.82) is 0 Å². The number of fused-ring (bicyclic) bond motifs is 1. The fourth-order valence-corrected chi connectivity index (χ4v) is 3.13. The summed E-state index contributed by atoms with van der Waals surface area (Å²) >= 11 is 6.33. The summed E-state index contributed by atoms with van der Waals surface area (Å²) in [7, 11) is 2.03. The van der Waals surface area contributed by atoms with E-state index >= 15 is 0 Å².